The number of aliphatic imine (C=N–C) groups is 2. The van der Waals surface area contributed by atoms with Crippen molar-refractivity contribution in [3.8, 4) is 0 Å². The van der Waals surface area contributed by atoms with Gasteiger partial charge in [-0.3, -0.25) is 15.0 Å². The van der Waals surface area contributed by atoms with E-state index in [9.17, 15) is 0 Å². The third kappa shape index (κ3) is 3.01. The number of allylic oxidation sites excluding steroid dienone is 3. The number of hydrogen-bond acceptors (Lipinski definition) is 6. The molecule has 2 aromatic heterocycles. The number of rotatable bonds is 4. The number of aromatic nitrogens is 2. The van der Waals surface area contributed by atoms with Crippen LogP contribution in [-0.4, -0.2) is 27.9 Å². The second-order valence-electron chi connectivity index (χ2n) is 6.39. The lowest BCUT2D eigenvalue weighted by Gasteiger charge is -2.21. The molecule has 4 heterocycles. The summed E-state index contributed by atoms with van der Waals surface area (Å²) in [5.41, 5.74) is 13.9. The van der Waals surface area contributed by atoms with Crippen molar-refractivity contribution in [2.45, 2.75) is 20.4 Å². The van der Waals surface area contributed by atoms with Gasteiger partial charge in [0.2, 0.25) is 0 Å². The molecule has 0 saturated carbocycles. The summed E-state index contributed by atoms with van der Waals surface area (Å²) in [5, 5.41) is 3.54. The van der Waals surface area contributed by atoms with Crippen molar-refractivity contribution in [1.82, 2.24) is 15.3 Å². The van der Waals surface area contributed by atoms with Gasteiger partial charge >= 0.3 is 0 Å². The molecule has 0 radical (unpaired) electrons. The molecule has 4 rings (SSSR count). The maximum atomic E-state index is 5.88. The van der Waals surface area contributed by atoms with Gasteiger partial charge in [0, 0.05) is 29.2 Å². The van der Waals surface area contributed by atoms with E-state index in [1.165, 1.54) is 0 Å². The zero-order valence-electron chi connectivity index (χ0n) is 14.8. The molecular formula is C20H20N6. The van der Waals surface area contributed by atoms with Crippen LogP contribution in [0.2, 0.25) is 0 Å². The average molecular weight is 344 g/mol. The van der Waals surface area contributed by atoms with Gasteiger partial charge in [0.25, 0.3) is 0 Å². The molecule has 0 unspecified atom stereocenters. The molecule has 2 aromatic rings. The second-order valence-corrected chi connectivity index (χ2v) is 6.39. The summed E-state index contributed by atoms with van der Waals surface area (Å²) >= 11 is 0. The first-order valence-corrected chi connectivity index (χ1v) is 8.53. The number of hydrogen-bond donors (Lipinski definition) is 2. The molecule has 26 heavy (non-hydrogen) atoms. The van der Waals surface area contributed by atoms with Crippen LogP contribution in [0.1, 0.15) is 23.7 Å². The summed E-state index contributed by atoms with van der Waals surface area (Å²) in [5.74, 6) is 0.479. The second kappa shape index (κ2) is 6.55. The first-order chi connectivity index (χ1) is 12.6. The zero-order chi connectivity index (χ0) is 18.1. The molecule has 0 aromatic carbocycles. The number of nitrogens with two attached hydrogens (primary N) is 1. The molecule has 130 valence electrons. The van der Waals surface area contributed by atoms with Gasteiger partial charge in [0.1, 0.15) is 5.82 Å². The van der Waals surface area contributed by atoms with Crippen molar-refractivity contribution in [1.29, 1.82) is 0 Å². The molecule has 0 atom stereocenters. The van der Waals surface area contributed by atoms with E-state index in [4.69, 9.17) is 10.7 Å². The fourth-order valence-corrected chi connectivity index (χ4v) is 3.18. The molecule has 6 nitrogen and oxygen atoms in total. The topological polar surface area (TPSA) is 88.5 Å². The summed E-state index contributed by atoms with van der Waals surface area (Å²) < 4.78 is 0. The number of nitrogens with zero attached hydrogens (tertiary/aromatic N) is 4. The van der Waals surface area contributed by atoms with E-state index in [2.05, 4.69) is 39.3 Å². The van der Waals surface area contributed by atoms with Crippen molar-refractivity contribution in [3.63, 3.8) is 0 Å². The summed E-state index contributed by atoms with van der Waals surface area (Å²) in [4.78, 5) is 17.9. The number of nitrogens with one attached hydrogen (secondary N) is 1. The Morgan fingerprint density at radius 2 is 2.04 bits per heavy atom. The number of fused-ring (bicyclic) bond motifs is 1. The van der Waals surface area contributed by atoms with Crippen LogP contribution < -0.4 is 11.1 Å². The minimum absolute atomic E-state index is 0.479. The third-order valence-corrected chi connectivity index (χ3v) is 4.47. The lowest BCUT2D eigenvalue weighted by molar-refractivity contribution is 0.801. The first kappa shape index (κ1) is 16.2. The van der Waals surface area contributed by atoms with Crippen molar-refractivity contribution in [2.24, 2.45) is 9.98 Å². The summed E-state index contributed by atoms with van der Waals surface area (Å²) in [6, 6.07) is 7.79. The lowest BCUT2D eigenvalue weighted by atomic mass is 9.97. The van der Waals surface area contributed by atoms with E-state index in [0.717, 1.165) is 45.2 Å². The lowest BCUT2D eigenvalue weighted by Crippen LogP contribution is -2.29. The molecule has 0 aliphatic carbocycles. The Balaban J connectivity index is 1.73. The largest absolute Gasteiger partial charge is 0.384 e. The van der Waals surface area contributed by atoms with Crippen molar-refractivity contribution in [2.75, 3.05) is 12.3 Å². The SMILES string of the molecule is CC1=CC2=C(NCc3ncccc3C)C(c3ccnc(N)c3)=NCC2=N1. The van der Waals surface area contributed by atoms with Gasteiger partial charge in [0.15, 0.2) is 0 Å². The van der Waals surface area contributed by atoms with E-state index in [-0.39, 0.29) is 0 Å². The fourth-order valence-electron chi connectivity index (χ4n) is 3.18. The van der Waals surface area contributed by atoms with Crippen LogP contribution in [0.4, 0.5) is 5.82 Å². The van der Waals surface area contributed by atoms with E-state index in [0.29, 0.717) is 18.9 Å². The summed E-state index contributed by atoms with van der Waals surface area (Å²) in [7, 11) is 0. The van der Waals surface area contributed by atoms with Gasteiger partial charge in [-0.1, -0.05) is 6.07 Å². The van der Waals surface area contributed by atoms with Crippen LogP contribution >= 0.6 is 0 Å². The molecule has 0 spiro atoms. The van der Waals surface area contributed by atoms with E-state index in [1.807, 2.05) is 31.3 Å². The Hall–Kier alpha value is -3.28. The molecule has 0 amide bonds. The van der Waals surface area contributed by atoms with Gasteiger partial charge in [-0.2, -0.15) is 0 Å². The first-order valence-electron chi connectivity index (χ1n) is 8.53. The highest BCUT2D eigenvalue weighted by atomic mass is 15.0. The number of dihydropyridines is 1. The van der Waals surface area contributed by atoms with Crippen molar-refractivity contribution >= 4 is 17.2 Å². The smallest absolute Gasteiger partial charge is 0.123 e. The molecule has 0 bridgehead atoms. The maximum absolute atomic E-state index is 5.88. The summed E-state index contributed by atoms with van der Waals surface area (Å²) in [6.45, 7) is 5.25. The predicted molar refractivity (Wildman–Crippen MR) is 104 cm³/mol. The van der Waals surface area contributed by atoms with Gasteiger partial charge in [-0.25, -0.2) is 4.98 Å². The quantitative estimate of drug-likeness (QED) is 0.892. The van der Waals surface area contributed by atoms with Gasteiger partial charge in [-0.15, -0.1) is 0 Å². The molecule has 2 aliphatic heterocycles. The zero-order valence-corrected chi connectivity index (χ0v) is 14.8. The van der Waals surface area contributed by atoms with Crippen LogP contribution in [0.5, 0.6) is 0 Å². The fraction of sp³-hybridized carbons (Fsp3) is 0.200. The van der Waals surface area contributed by atoms with Gasteiger partial charge in [-0.05, 0) is 43.7 Å². The van der Waals surface area contributed by atoms with Crippen LogP contribution in [0, 0.1) is 6.92 Å². The molecular weight excluding hydrogens is 324 g/mol. The van der Waals surface area contributed by atoms with Crippen molar-refractivity contribution in [3.05, 3.63) is 76.5 Å². The van der Waals surface area contributed by atoms with Crippen molar-refractivity contribution < 1.29 is 0 Å². The third-order valence-electron chi connectivity index (χ3n) is 4.47. The highest BCUT2D eigenvalue weighted by Gasteiger charge is 2.25. The molecule has 3 N–H and O–H groups in total. The van der Waals surface area contributed by atoms with E-state index < -0.39 is 0 Å². The molecule has 2 aliphatic rings. The number of aryl methyl sites for hydroxylation is 1. The van der Waals surface area contributed by atoms with Gasteiger partial charge < -0.3 is 11.1 Å². The Morgan fingerprint density at radius 3 is 2.85 bits per heavy atom. The monoisotopic (exact) mass is 344 g/mol. The summed E-state index contributed by atoms with van der Waals surface area (Å²) in [6.07, 6.45) is 5.62. The maximum Gasteiger partial charge on any atom is 0.123 e. The predicted octanol–water partition coefficient (Wildman–Crippen LogP) is 2.57. The van der Waals surface area contributed by atoms with E-state index >= 15 is 0 Å². The Labute approximate surface area is 152 Å². The molecule has 0 saturated heterocycles. The normalized spacial score (nSPS) is 16.0. The van der Waals surface area contributed by atoms with E-state index in [1.54, 1.807) is 6.20 Å². The van der Waals surface area contributed by atoms with Crippen LogP contribution in [0.25, 0.3) is 0 Å². The minimum Gasteiger partial charge on any atom is -0.384 e. The highest BCUT2D eigenvalue weighted by Crippen LogP contribution is 2.26. The minimum atomic E-state index is 0.479. The molecule has 0 fully saturated rings. The number of nitrogen functional groups attached to an aromatic ring is 1. The van der Waals surface area contributed by atoms with Gasteiger partial charge in [0.05, 0.1) is 35.9 Å². The number of pyridine rings is 2. The van der Waals surface area contributed by atoms with Crippen LogP contribution in [-0.2, 0) is 6.54 Å². The van der Waals surface area contributed by atoms with Crippen LogP contribution in [0.3, 0.4) is 0 Å². The standard InChI is InChI=1S/C20H20N6/c1-12-4-3-6-22-16(12)10-25-20-15-8-13(2)26-17(15)11-24-19(20)14-5-7-23-18(21)9-14/h3-9,25H,10-11H2,1-2H3,(H2,21,23). The highest BCUT2D eigenvalue weighted by molar-refractivity contribution is 6.23. The Bertz CT molecular complexity index is 997. The van der Waals surface area contributed by atoms with Crippen LogP contribution in [0.15, 0.2) is 69.7 Å². The Morgan fingerprint density at radius 1 is 1.15 bits per heavy atom. The average Bonchev–Trinajstić information content (AvgIpc) is 3.01. The number of anilines is 1. The Kier molecular flexibility index (Phi) is 4.08. The molecule has 6 heteroatoms.